The first-order valence-corrected chi connectivity index (χ1v) is 9.77. The molecule has 0 radical (unpaired) electrons. The lowest BCUT2D eigenvalue weighted by molar-refractivity contribution is -0.0131. The monoisotopic (exact) mass is 375 g/mol. The van der Waals surface area contributed by atoms with Crippen molar-refractivity contribution in [2.24, 2.45) is 0 Å². The fourth-order valence-electron chi connectivity index (χ4n) is 4.51. The van der Waals surface area contributed by atoms with E-state index in [9.17, 15) is 9.18 Å². The van der Waals surface area contributed by atoms with Crippen molar-refractivity contribution in [3.05, 3.63) is 77.7 Å². The molecule has 2 aromatic carbocycles. The highest BCUT2D eigenvalue weighted by Gasteiger charge is 2.50. The largest absolute Gasteiger partial charge is 0.337 e. The average Bonchev–Trinajstić information content (AvgIpc) is 3.20. The maximum absolute atomic E-state index is 13.2. The third-order valence-electron chi connectivity index (χ3n) is 6.26. The zero-order chi connectivity index (χ0) is 19.1. The third kappa shape index (κ3) is 2.96. The van der Waals surface area contributed by atoms with Gasteiger partial charge in [-0.25, -0.2) is 4.39 Å². The highest BCUT2D eigenvalue weighted by molar-refractivity contribution is 5.97. The molecule has 142 valence electrons. The number of benzene rings is 2. The van der Waals surface area contributed by atoms with Crippen LogP contribution < -0.4 is 0 Å². The zero-order valence-electron chi connectivity index (χ0n) is 15.6. The summed E-state index contributed by atoms with van der Waals surface area (Å²) in [5.74, 6) is -0.146. The second kappa shape index (κ2) is 6.67. The molecule has 0 unspecified atom stereocenters. The number of halogens is 1. The smallest absolute Gasteiger partial charge is 0.255 e. The normalized spacial score (nSPS) is 22.0. The minimum absolute atomic E-state index is 0.0590. The molecule has 1 spiro atoms. The number of hydrogen-bond acceptors (Lipinski definition) is 3. The number of carbonyl (C=O) groups excluding carboxylic acids is 1. The molecule has 1 aromatic heterocycles. The summed E-state index contributed by atoms with van der Waals surface area (Å²) in [5, 5.41) is 0.990. The quantitative estimate of drug-likeness (QED) is 0.697. The summed E-state index contributed by atoms with van der Waals surface area (Å²) < 4.78 is 13.2. The van der Waals surface area contributed by atoms with E-state index in [0.717, 1.165) is 55.5 Å². The van der Waals surface area contributed by atoms with Gasteiger partial charge in [0, 0.05) is 43.3 Å². The van der Waals surface area contributed by atoms with Gasteiger partial charge < -0.3 is 4.90 Å². The predicted molar refractivity (Wildman–Crippen MR) is 106 cm³/mol. The second-order valence-corrected chi connectivity index (χ2v) is 7.92. The number of hydrogen-bond donors (Lipinski definition) is 0. The first-order chi connectivity index (χ1) is 13.6. The molecule has 3 aromatic rings. The van der Waals surface area contributed by atoms with Gasteiger partial charge in [-0.1, -0.05) is 30.3 Å². The van der Waals surface area contributed by atoms with Gasteiger partial charge in [0.2, 0.25) is 0 Å². The molecule has 5 heteroatoms. The minimum Gasteiger partial charge on any atom is -0.337 e. The van der Waals surface area contributed by atoms with Gasteiger partial charge in [-0.15, -0.1) is 0 Å². The highest BCUT2D eigenvalue weighted by Crippen LogP contribution is 2.40. The number of pyridine rings is 1. The summed E-state index contributed by atoms with van der Waals surface area (Å²) in [6.45, 7) is 3.35. The lowest BCUT2D eigenvalue weighted by Gasteiger charge is -2.50. The van der Waals surface area contributed by atoms with Crippen molar-refractivity contribution in [1.82, 2.24) is 14.8 Å². The topological polar surface area (TPSA) is 36.4 Å². The maximum Gasteiger partial charge on any atom is 0.255 e. The van der Waals surface area contributed by atoms with Crippen LogP contribution in [-0.2, 0) is 6.54 Å². The molecule has 0 bridgehead atoms. The Morgan fingerprint density at radius 1 is 1.07 bits per heavy atom. The number of likely N-dealkylation sites (tertiary alicyclic amines) is 2. The lowest BCUT2D eigenvalue weighted by Crippen LogP contribution is -2.60. The van der Waals surface area contributed by atoms with Crippen LogP contribution in [0.4, 0.5) is 4.39 Å². The first kappa shape index (κ1) is 17.3. The summed E-state index contributed by atoms with van der Waals surface area (Å²) >= 11 is 0. The molecule has 2 fully saturated rings. The van der Waals surface area contributed by atoms with Crippen molar-refractivity contribution in [3.63, 3.8) is 0 Å². The van der Waals surface area contributed by atoms with Crippen molar-refractivity contribution >= 4 is 16.8 Å². The van der Waals surface area contributed by atoms with Gasteiger partial charge in [-0.2, -0.15) is 0 Å². The molecule has 1 atom stereocenters. The molecule has 2 aliphatic rings. The van der Waals surface area contributed by atoms with Crippen molar-refractivity contribution in [2.75, 3.05) is 19.6 Å². The van der Waals surface area contributed by atoms with Gasteiger partial charge >= 0.3 is 0 Å². The Kier molecular flexibility index (Phi) is 4.13. The number of fused-ring (bicyclic) bond motifs is 1. The first-order valence-electron chi connectivity index (χ1n) is 9.77. The van der Waals surface area contributed by atoms with E-state index in [1.807, 2.05) is 47.4 Å². The molecule has 5 rings (SSSR count). The van der Waals surface area contributed by atoms with Gasteiger partial charge in [0.05, 0.1) is 11.1 Å². The van der Waals surface area contributed by atoms with Gasteiger partial charge in [0.15, 0.2) is 0 Å². The van der Waals surface area contributed by atoms with Crippen LogP contribution in [0.2, 0.25) is 0 Å². The molecule has 0 aliphatic carbocycles. The van der Waals surface area contributed by atoms with Crippen LogP contribution in [0, 0.1) is 5.82 Å². The molecule has 28 heavy (non-hydrogen) atoms. The summed E-state index contributed by atoms with van der Waals surface area (Å²) in [6.07, 6.45) is 3.78. The van der Waals surface area contributed by atoms with E-state index < -0.39 is 0 Å². The number of nitrogens with zero attached hydrogens (tertiary/aromatic N) is 3. The second-order valence-electron chi connectivity index (χ2n) is 7.92. The van der Waals surface area contributed by atoms with Crippen LogP contribution in [0.5, 0.6) is 0 Å². The summed E-state index contributed by atoms with van der Waals surface area (Å²) in [7, 11) is 0. The van der Waals surface area contributed by atoms with Crippen molar-refractivity contribution in [2.45, 2.75) is 24.9 Å². The van der Waals surface area contributed by atoms with Crippen LogP contribution in [0.1, 0.15) is 28.8 Å². The molecule has 2 aliphatic heterocycles. The molecule has 4 nitrogen and oxygen atoms in total. The number of rotatable bonds is 3. The standard InChI is InChI=1S/C23H22FN3O/c24-20-7-5-17(6-8-20)15-27-12-10-23(27)9-11-26(16-23)22(28)19-13-18-3-1-2-4-21(18)25-14-19/h1-8,13-14H,9-12,15-16H2/t23-/m0/s1. The summed E-state index contributed by atoms with van der Waals surface area (Å²) in [4.78, 5) is 21.9. The van der Waals surface area contributed by atoms with Crippen LogP contribution >= 0.6 is 0 Å². The Hall–Kier alpha value is -2.79. The molecule has 1 amide bonds. The average molecular weight is 375 g/mol. The van der Waals surface area contributed by atoms with Crippen LogP contribution in [0.25, 0.3) is 10.9 Å². The van der Waals surface area contributed by atoms with Crippen LogP contribution in [0.15, 0.2) is 60.8 Å². The SMILES string of the molecule is O=C(c1cnc2ccccc2c1)N1CC[C@]2(CCN2Cc2ccc(F)cc2)C1. The Morgan fingerprint density at radius 2 is 1.86 bits per heavy atom. The molecule has 0 N–H and O–H groups in total. The minimum atomic E-state index is -0.205. The maximum atomic E-state index is 13.2. The number of aromatic nitrogens is 1. The van der Waals surface area contributed by atoms with Gasteiger partial charge in [-0.3, -0.25) is 14.7 Å². The van der Waals surface area contributed by atoms with Gasteiger partial charge in [0.1, 0.15) is 5.82 Å². The van der Waals surface area contributed by atoms with Crippen molar-refractivity contribution in [1.29, 1.82) is 0 Å². The van der Waals surface area contributed by atoms with Crippen molar-refractivity contribution < 1.29 is 9.18 Å². The lowest BCUT2D eigenvalue weighted by atomic mass is 9.83. The van der Waals surface area contributed by atoms with Crippen LogP contribution in [-0.4, -0.2) is 45.9 Å². The fraction of sp³-hybridized carbons (Fsp3) is 0.304. The predicted octanol–water partition coefficient (Wildman–Crippen LogP) is 3.86. The number of amides is 1. The van der Waals surface area contributed by atoms with Gasteiger partial charge in [-0.05, 0) is 42.7 Å². The molecule has 2 saturated heterocycles. The summed E-state index contributed by atoms with van der Waals surface area (Å²) in [5.41, 5.74) is 2.74. The van der Waals surface area contributed by atoms with E-state index >= 15 is 0 Å². The zero-order valence-corrected chi connectivity index (χ0v) is 15.6. The Balaban J connectivity index is 1.30. The highest BCUT2D eigenvalue weighted by atomic mass is 19.1. The van der Waals surface area contributed by atoms with Crippen LogP contribution in [0.3, 0.4) is 0 Å². The number of para-hydroxylation sites is 1. The van der Waals surface area contributed by atoms with Crippen molar-refractivity contribution in [3.8, 4) is 0 Å². The van der Waals surface area contributed by atoms with E-state index in [-0.39, 0.29) is 17.3 Å². The Morgan fingerprint density at radius 3 is 2.64 bits per heavy atom. The number of carbonyl (C=O) groups is 1. The Bertz CT molecular complexity index is 1040. The molecule has 0 saturated carbocycles. The van der Waals surface area contributed by atoms with E-state index in [0.29, 0.717) is 5.56 Å². The molecular weight excluding hydrogens is 353 g/mol. The van der Waals surface area contributed by atoms with E-state index in [1.54, 1.807) is 6.20 Å². The summed E-state index contributed by atoms with van der Waals surface area (Å²) in [6, 6.07) is 16.5. The van der Waals surface area contributed by atoms with E-state index in [1.165, 1.54) is 12.1 Å². The van der Waals surface area contributed by atoms with E-state index in [2.05, 4.69) is 9.88 Å². The Labute approximate surface area is 163 Å². The molecular formula is C23H22FN3O. The fourth-order valence-corrected chi connectivity index (χ4v) is 4.51. The third-order valence-corrected chi connectivity index (χ3v) is 6.26. The van der Waals surface area contributed by atoms with E-state index in [4.69, 9.17) is 0 Å². The van der Waals surface area contributed by atoms with Gasteiger partial charge in [0.25, 0.3) is 5.91 Å². The molecule has 3 heterocycles.